The van der Waals surface area contributed by atoms with E-state index in [1.807, 2.05) is 26.8 Å². The summed E-state index contributed by atoms with van der Waals surface area (Å²) in [5.41, 5.74) is 1.95. The number of furan rings is 1. The van der Waals surface area contributed by atoms with E-state index in [9.17, 15) is 30.3 Å². The normalized spacial score (nSPS) is 48.3. The first-order valence-electron chi connectivity index (χ1n) is 23.5. The lowest BCUT2D eigenvalue weighted by molar-refractivity contribution is -0.357. The second kappa shape index (κ2) is 20.6. The van der Waals surface area contributed by atoms with Crippen LogP contribution in [0.25, 0.3) is 0 Å². The van der Waals surface area contributed by atoms with Crippen LogP contribution < -0.4 is 0 Å². The minimum atomic E-state index is -1.59. The zero-order valence-electron chi connectivity index (χ0n) is 38.8. The van der Waals surface area contributed by atoms with E-state index in [-0.39, 0.29) is 35.4 Å². The van der Waals surface area contributed by atoms with Crippen molar-refractivity contribution in [2.75, 3.05) is 27.9 Å². The average molecular weight is 925 g/mol. The van der Waals surface area contributed by atoms with E-state index in [2.05, 4.69) is 13.0 Å². The van der Waals surface area contributed by atoms with Gasteiger partial charge in [0.2, 0.25) is 0 Å². The highest BCUT2D eigenvalue weighted by Crippen LogP contribution is 2.58. The van der Waals surface area contributed by atoms with Gasteiger partial charge in [0.25, 0.3) is 0 Å². The van der Waals surface area contributed by atoms with Crippen molar-refractivity contribution < 1.29 is 86.8 Å². The molecular formula is C47H72O18. The second-order valence-electron chi connectivity index (χ2n) is 19.6. The van der Waals surface area contributed by atoms with Gasteiger partial charge in [0.05, 0.1) is 61.7 Å². The van der Waals surface area contributed by atoms with Crippen LogP contribution in [0.15, 0.2) is 28.4 Å². The highest BCUT2D eigenvalue weighted by molar-refractivity contribution is 5.89. The van der Waals surface area contributed by atoms with Crippen LogP contribution in [0.3, 0.4) is 0 Å². The number of aryl methyl sites for hydroxylation is 1. The molecule has 18 nitrogen and oxygen atoms in total. The largest absolute Gasteiger partial charge is 0.469 e. The number of rotatable bonds is 13. The standard InChI is InChI=1S/C47H72O18/c1-21-26(13-14-57-21)27-11-12-29-28(39(27)50)10-9-25-15-31(30(49)19-47(25,29)5)61-36-16-32(54-6)43(22(2)58-36)63-37-17-33(55-7)44(23(3)59-37)64-38-18-34(56-8)45(24(4)60-38)65-46-42(53)41(52)40(51)35(20-48)62-46/h9,13-14,22-24,27-38,40-46,48-49,51-53H,10-12,15-20H2,1-8H3/t22-,23+,24-,27?,28?,29?,30-,31?,32+,33-,34+,35-,36+,37+,38+,40-,41+,42-,43-,44+,45-,46-,47?/m1/s1. The molecule has 5 N–H and O–H groups in total. The molecular weight excluding hydrogens is 852 g/mol. The van der Waals surface area contributed by atoms with Gasteiger partial charge in [-0.05, 0) is 77.2 Å². The van der Waals surface area contributed by atoms with Crippen LogP contribution in [-0.4, -0.2) is 176 Å². The van der Waals surface area contributed by atoms with Crippen molar-refractivity contribution in [2.45, 2.75) is 209 Å². The van der Waals surface area contributed by atoms with Gasteiger partial charge in [-0.2, -0.15) is 0 Å². The molecule has 0 aromatic carbocycles. The van der Waals surface area contributed by atoms with E-state index in [1.54, 1.807) is 27.4 Å². The molecule has 5 unspecified atom stereocenters. The number of methoxy groups -OCH3 is 3. The molecule has 0 radical (unpaired) electrons. The Morgan fingerprint density at radius 3 is 1.80 bits per heavy atom. The summed E-state index contributed by atoms with van der Waals surface area (Å²) in [4.78, 5) is 13.9. The molecule has 4 aliphatic heterocycles. The second-order valence-corrected chi connectivity index (χ2v) is 19.6. The van der Waals surface area contributed by atoms with Crippen LogP contribution in [0.5, 0.6) is 0 Å². The molecule has 23 atom stereocenters. The van der Waals surface area contributed by atoms with Crippen molar-refractivity contribution in [1.29, 1.82) is 0 Å². The van der Waals surface area contributed by atoms with Crippen molar-refractivity contribution in [3.05, 3.63) is 35.3 Å². The van der Waals surface area contributed by atoms with Crippen molar-refractivity contribution in [1.82, 2.24) is 0 Å². The number of hydrogen-bond acceptors (Lipinski definition) is 18. The van der Waals surface area contributed by atoms with Gasteiger partial charge in [-0.1, -0.05) is 18.6 Å². The number of carbonyl (C=O) groups excluding carboxylic acids is 1. The number of hydrogen-bond donors (Lipinski definition) is 5. The monoisotopic (exact) mass is 924 g/mol. The third-order valence-electron chi connectivity index (χ3n) is 15.7. The van der Waals surface area contributed by atoms with Crippen molar-refractivity contribution in [2.24, 2.45) is 17.3 Å². The fourth-order valence-electron chi connectivity index (χ4n) is 12.1. The highest BCUT2D eigenvalue weighted by Gasteiger charge is 2.55. The molecule has 1 aromatic heterocycles. The molecule has 0 bridgehead atoms. The summed E-state index contributed by atoms with van der Waals surface area (Å²) in [7, 11) is 4.76. The molecule has 4 saturated heterocycles. The van der Waals surface area contributed by atoms with Gasteiger partial charge in [0, 0.05) is 58.0 Å². The zero-order valence-corrected chi connectivity index (χ0v) is 38.8. The van der Waals surface area contributed by atoms with E-state index >= 15 is 0 Å². The van der Waals surface area contributed by atoms with Crippen molar-refractivity contribution in [3.63, 3.8) is 0 Å². The average Bonchev–Trinajstić information content (AvgIpc) is 3.71. The molecule has 0 spiro atoms. The molecule has 2 saturated carbocycles. The highest BCUT2D eigenvalue weighted by atomic mass is 16.8. The minimum absolute atomic E-state index is 0.0811. The maximum absolute atomic E-state index is 13.9. The Bertz CT molecular complexity index is 1770. The predicted octanol–water partition coefficient (Wildman–Crippen LogP) is 2.55. The summed E-state index contributed by atoms with van der Waals surface area (Å²) in [6.07, 6.45) is -6.91. The number of ether oxygens (including phenoxy) is 11. The van der Waals surface area contributed by atoms with Gasteiger partial charge >= 0.3 is 0 Å². The summed E-state index contributed by atoms with van der Waals surface area (Å²) >= 11 is 0. The maximum Gasteiger partial charge on any atom is 0.187 e. The quantitative estimate of drug-likeness (QED) is 0.179. The molecule has 8 rings (SSSR count). The Labute approximate surface area is 381 Å². The topological polar surface area (TPSA) is 233 Å². The number of allylic oxidation sites excluding steroid dienone is 1. The molecule has 7 aliphatic rings. The summed E-state index contributed by atoms with van der Waals surface area (Å²) in [6, 6.07) is 1.93. The van der Waals surface area contributed by atoms with Crippen LogP contribution in [0.1, 0.15) is 96.3 Å². The van der Waals surface area contributed by atoms with E-state index in [0.717, 1.165) is 24.2 Å². The van der Waals surface area contributed by atoms with Crippen LogP contribution in [-0.2, 0) is 56.9 Å². The molecule has 5 heterocycles. The number of fused-ring (bicyclic) bond motifs is 3. The lowest BCUT2D eigenvalue weighted by Gasteiger charge is -2.54. The Kier molecular flexibility index (Phi) is 15.7. The lowest BCUT2D eigenvalue weighted by atomic mass is 9.51. The van der Waals surface area contributed by atoms with Crippen molar-refractivity contribution >= 4 is 5.78 Å². The first kappa shape index (κ1) is 49.5. The summed E-state index contributed by atoms with van der Waals surface area (Å²) in [6.45, 7) is 9.11. The summed E-state index contributed by atoms with van der Waals surface area (Å²) < 4.78 is 73.7. The number of ketones is 1. The van der Waals surface area contributed by atoms with Gasteiger partial charge in [-0.3, -0.25) is 4.79 Å². The zero-order chi connectivity index (χ0) is 46.5. The first-order chi connectivity index (χ1) is 31.1. The molecule has 3 aliphatic carbocycles. The molecule has 1 aromatic rings. The van der Waals surface area contributed by atoms with Crippen LogP contribution in [0, 0.1) is 24.2 Å². The Morgan fingerprint density at radius 2 is 1.28 bits per heavy atom. The van der Waals surface area contributed by atoms with E-state index in [0.29, 0.717) is 32.1 Å². The molecule has 368 valence electrons. The van der Waals surface area contributed by atoms with Gasteiger partial charge in [0.1, 0.15) is 54.3 Å². The molecule has 0 amide bonds. The predicted molar refractivity (Wildman–Crippen MR) is 226 cm³/mol. The Hall–Kier alpha value is -1.95. The molecule has 6 fully saturated rings. The lowest BCUT2D eigenvalue weighted by Crippen LogP contribution is -2.62. The number of carbonyl (C=O) groups is 1. The first-order valence-corrected chi connectivity index (χ1v) is 23.5. The third kappa shape index (κ3) is 9.81. The van der Waals surface area contributed by atoms with E-state index in [1.165, 1.54) is 12.7 Å². The smallest absolute Gasteiger partial charge is 0.187 e. The molecule has 18 heteroatoms. The van der Waals surface area contributed by atoms with Gasteiger partial charge in [-0.25, -0.2) is 0 Å². The summed E-state index contributed by atoms with van der Waals surface area (Å²) in [5.74, 6) is 1.04. The minimum Gasteiger partial charge on any atom is -0.469 e. The number of aliphatic hydroxyl groups excluding tert-OH is 5. The van der Waals surface area contributed by atoms with Gasteiger partial charge in [-0.15, -0.1) is 0 Å². The van der Waals surface area contributed by atoms with Crippen LogP contribution in [0.2, 0.25) is 0 Å². The Balaban J connectivity index is 0.835. The van der Waals surface area contributed by atoms with E-state index < -0.39 is 123 Å². The van der Waals surface area contributed by atoms with Crippen molar-refractivity contribution in [3.8, 4) is 0 Å². The maximum atomic E-state index is 13.9. The van der Waals surface area contributed by atoms with Gasteiger partial charge in [0.15, 0.2) is 25.2 Å². The fraction of sp³-hybridized carbons (Fsp3) is 0.851. The van der Waals surface area contributed by atoms with Crippen LogP contribution >= 0.6 is 0 Å². The third-order valence-corrected chi connectivity index (χ3v) is 15.7. The number of aliphatic hydroxyl groups is 5. The van der Waals surface area contributed by atoms with Crippen LogP contribution in [0.4, 0.5) is 0 Å². The molecule has 65 heavy (non-hydrogen) atoms. The van der Waals surface area contributed by atoms with Gasteiger partial charge < -0.3 is 82.1 Å². The van der Waals surface area contributed by atoms with E-state index in [4.69, 9.17) is 56.5 Å². The Morgan fingerprint density at radius 1 is 0.723 bits per heavy atom. The number of Topliss-reactive ketones (excluding diaryl/α,β-unsaturated/α-hetero) is 1. The fourth-order valence-corrected chi connectivity index (χ4v) is 12.1. The SMILES string of the molecule is CO[C@H]1C[C@H](OC2CC3=CCC4C(=O)C(c5ccoc5C)CCC4C3(C)C[C@H]2O)O[C@H](C)[C@H]1O[C@H]1C[C@@H](OC)[C@@H](O[C@H]2C[C@H](OC)[C@H](O[C@H]3O[C@H](CO)[C@@H](O)[C@H](O)[C@H]3O)[C@@H](C)O2)[C@H](C)O1. The summed E-state index contributed by atoms with van der Waals surface area (Å²) in [5, 5.41) is 52.3.